The summed E-state index contributed by atoms with van der Waals surface area (Å²) in [5.74, 6) is -0.494. The number of esters is 1. The lowest BCUT2D eigenvalue weighted by Crippen LogP contribution is -2.16. The third kappa shape index (κ3) is 5.62. The Morgan fingerprint density at radius 1 is 0.938 bits per heavy atom. The molecular weight excluding hydrogens is 612 g/mol. The molecular formula is C39H37F2N3O4. The minimum absolute atomic E-state index is 0.197. The molecule has 0 saturated carbocycles. The lowest BCUT2D eigenvalue weighted by atomic mass is 9.96. The number of ether oxygens (including phenoxy) is 3. The van der Waals surface area contributed by atoms with Gasteiger partial charge in [0, 0.05) is 35.5 Å². The van der Waals surface area contributed by atoms with Crippen LogP contribution in [0.1, 0.15) is 58.8 Å². The number of benzene rings is 4. The van der Waals surface area contributed by atoms with Crippen LogP contribution in [-0.4, -0.2) is 33.5 Å². The van der Waals surface area contributed by atoms with Gasteiger partial charge in [0.15, 0.2) is 0 Å². The number of carbonyl (C=O) groups is 1. The first-order valence-electron chi connectivity index (χ1n) is 16.4. The fourth-order valence-corrected chi connectivity index (χ4v) is 6.96. The highest BCUT2D eigenvalue weighted by Crippen LogP contribution is 2.41. The topological polar surface area (TPSA) is 67.5 Å². The molecule has 0 spiro atoms. The summed E-state index contributed by atoms with van der Waals surface area (Å²) in [5, 5.41) is 7.13. The highest BCUT2D eigenvalue weighted by atomic mass is 19.1. The molecule has 7 rings (SSSR count). The standard InChI is InChI=1S/C39H37F2N3O4/c1-4-32-36-33(43(3)42-32)23-46-22-26-11-7-6-10-25(26)21-44-37-30(17-18-31(41)35(36)37)29(38(44)39(45)47-5-2)13-9-19-48-34-14-8-12-24-20-27(40)15-16-28(24)34/h6-8,10-12,14-18,20H,4-5,9,13,19,21-23H2,1-3H3. The van der Waals surface area contributed by atoms with Crippen LogP contribution in [-0.2, 0) is 49.1 Å². The second kappa shape index (κ2) is 13.2. The molecule has 0 saturated heterocycles. The smallest absolute Gasteiger partial charge is 0.355 e. The van der Waals surface area contributed by atoms with E-state index in [1.807, 2.05) is 61.0 Å². The summed E-state index contributed by atoms with van der Waals surface area (Å²) >= 11 is 0. The van der Waals surface area contributed by atoms with E-state index < -0.39 is 11.8 Å². The van der Waals surface area contributed by atoms with Gasteiger partial charge in [0.1, 0.15) is 23.1 Å². The van der Waals surface area contributed by atoms with Crippen molar-refractivity contribution in [1.82, 2.24) is 14.3 Å². The van der Waals surface area contributed by atoms with E-state index in [1.165, 1.54) is 18.2 Å². The van der Waals surface area contributed by atoms with E-state index in [-0.39, 0.29) is 19.0 Å². The Morgan fingerprint density at radius 3 is 2.56 bits per heavy atom. The molecule has 1 aliphatic rings. The van der Waals surface area contributed by atoms with Gasteiger partial charge in [-0.2, -0.15) is 5.10 Å². The van der Waals surface area contributed by atoms with E-state index in [4.69, 9.17) is 19.3 Å². The van der Waals surface area contributed by atoms with E-state index >= 15 is 4.39 Å². The quantitative estimate of drug-likeness (QED) is 0.123. The maximum absolute atomic E-state index is 16.4. The summed E-state index contributed by atoms with van der Waals surface area (Å²) in [7, 11) is 1.86. The number of halogens is 2. The van der Waals surface area contributed by atoms with Gasteiger partial charge in [0.25, 0.3) is 0 Å². The number of nitrogens with zero attached hydrogens (tertiary/aromatic N) is 3. The lowest BCUT2D eigenvalue weighted by molar-refractivity contribution is 0.0513. The van der Waals surface area contributed by atoms with Gasteiger partial charge in [-0.3, -0.25) is 4.68 Å². The fourth-order valence-electron chi connectivity index (χ4n) is 6.96. The Hall–Kier alpha value is -5.02. The molecule has 0 unspecified atom stereocenters. The summed E-state index contributed by atoms with van der Waals surface area (Å²) in [6.07, 6.45) is 1.64. The third-order valence-corrected chi connectivity index (χ3v) is 9.14. The minimum atomic E-state index is -0.460. The number of hydrogen-bond acceptors (Lipinski definition) is 5. The third-order valence-electron chi connectivity index (χ3n) is 9.14. The summed E-state index contributed by atoms with van der Waals surface area (Å²) in [5.41, 5.74) is 6.40. The summed E-state index contributed by atoms with van der Waals surface area (Å²) in [6.45, 7) is 5.26. The van der Waals surface area contributed by atoms with E-state index in [0.29, 0.717) is 67.1 Å². The molecule has 6 aromatic rings. The van der Waals surface area contributed by atoms with Crippen molar-refractivity contribution < 1.29 is 27.8 Å². The maximum Gasteiger partial charge on any atom is 0.355 e. The van der Waals surface area contributed by atoms with Gasteiger partial charge in [-0.15, -0.1) is 0 Å². The fraction of sp³-hybridized carbons (Fsp3) is 0.282. The van der Waals surface area contributed by atoms with Crippen LogP contribution in [0.5, 0.6) is 5.75 Å². The molecule has 246 valence electrons. The van der Waals surface area contributed by atoms with Crippen molar-refractivity contribution in [1.29, 1.82) is 0 Å². The zero-order chi connectivity index (χ0) is 33.4. The van der Waals surface area contributed by atoms with Gasteiger partial charge >= 0.3 is 5.97 Å². The molecule has 0 aliphatic carbocycles. The summed E-state index contributed by atoms with van der Waals surface area (Å²) < 4.78 is 52.0. The maximum atomic E-state index is 16.4. The predicted octanol–water partition coefficient (Wildman–Crippen LogP) is 8.30. The van der Waals surface area contributed by atoms with E-state index in [9.17, 15) is 9.18 Å². The number of aromatic nitrogens is 3. The molecule has 0 amide bonds. The van der Waals surface area contributed by atoms with Crippen molar-refractivity contribution in [3.63, 3.8) is 0 Å². The normalized spacial score (nSPS) is 12.9. The molecule has 0 bridgehead atoms. The van der Waals surface area contributed by atoms with Crippen molar-refractivity contribution in [2.75, 3.05) is 13.2 Å². The zero-order valence-electron chi connectivity index (χ0n) is 27.3. The van der Waals surface area contributed by atoms with Crippen molar-refractivity contribution >= 4 is 27.6 Å². The monoisotopic (exact) mass is 649 g/mol. The van der Waals surface area contributed by atoms with E-state index in [0.717, 1.165) is 44.2 Å². The molecule has 0 atom stereocenters. The first-order chi connectivity index (χ1) is 23.4. The van der Waals surface area contributed by atoms with Crippen LogP contribution >= 0.6 is 0 Å². The van der Waals surface area contributed by atoms with Gasteiger partial charge in [-0.25, -0.2) is 13.6 Å². The Kier molecular flexibility index (Phi) is 8.71. The zero-order valence-corrected chi connectivity index (χ0v) is 27.3. The van der Waals surface area contributed by atoms with Gasteiger partial charge in [0.2, 0.25) is 0 Å². The SMILES string of the molecule is CCOC(=O)c1c(CCCOc2cccc3cc(F)ccc23)c2ccc(F)c3c2n1Cc1ccccc1COCc1c-3c(CC)nn1C. The lowest BCUT2D eigenvalue weighted by Gasteiger charge is -2.16. The summed E-state index contributed by atoms with van der Waals surface area (Å²) in [4.78, 5) is 13.9. The number of aryl methyl sites for hydroxylation is 3. The van der Waals surface area contributed by atoms with Crippen LogP contribution in [0.3, 0.4) is 0 Å². The summed E-state index contributed by atoms with van der Waals surface area (Å²) in [6, 6.07) is 21.4. The van der Waals surface area contributed by atoms with Gasteiger partial charge in [0.05, 0.1) is 43.3 Å². The van der Waals surface area contributed by atoms with Gasteiger partial charge in [-0.1, -0.05) is 43.3 Å². The molecule has 48 heavy (non-hydrogen) atoms. The van der Waals surface area contributed by atoms with Crippen LogP contribution in [0.25, 0.3) is 32.8 Å². The van der Waals surface area contributed by atoms with Gasteiger partial charge < -0.3 is 18.8 Å². The van der Waals surface area contributed by atoms with Crippen molar-refractivity contribution in [2.24, 2.45) is 7.05 Å². The van der Waals surface area contributed by atoms with Crippen molar-refractivity contribution in [2.45, 2.75) is 52.9 Å². The Morgan fingerprint density at radius 2 is 1.75 bits per heavy atom. The van der Waals surface area contributed by atoms with Crippen LogP contribution in [0.15, 0.2) is 72.8 Å². The molecule has 9 heteroatoms. The van der Waals surface area contributed by atoms with E-state index in [2.05, 4.69) is 0 Å². The van der Waals surface area contributed by atoms with Crippen LogP contribution in [0.2, 0.25) is 0 Å². The van der Waals surface area contributed by atoms with Crippen molar-refractivity contribution in [3.8, 4) is 16.9 Å². The first kappa shape index (κ1) is 31.6. The number of hydrogen-bond donors (Lipinski definition) is 0. The minimum Gasteiger partial charge on any atom is -0.493 e. The number of rotatable bonds is 8. The Bertz CT molecular complexity index is 2170. The van der Waals surface area contributed by atoms with Crippen LogP contribution < -0.4 is 4.74 Å². The van der Waals surface area contributed by atoms with E-state index in [1.54, 1.807) is 23.7 Å². The Balaban J connectivity index is 1.39. The van der Waals surface area contributed by atoms with Crippen LogP contribution in [0, 0.1) is 11.6 Å². The van der Waals surface area contributed by atoms with Gasteiger partial charge in [-0.05, 0) is 84.7 Å². The molecule has 4 aromatic carbocycles. The van der Waals surface area contributed by atoms with Crippen molar-refractivity contribution in [3.05, 3.63) is 118 Å². The largest absolute Gasteiger partial charge is 0.493 e. The second-order valence-corrected chi connectivity index (χ2v) is 12.0. The average Bonchev–Trinajstić information content (AvgIpc) is 3.55. The molecule has 0 N–H and O–H groups in total. The Labute approximate surface area is 277 Å². The molecule has 3 heterocycles. The molecule has 2 aromatic heterocycles. The molecule has 0 fully saturated rings. The van der Waals surface area contributed by atoms with Crippen LogP contribution in [0.4, 0.5) is 8.78 Å². The molecule has 1 aliphatic heterocycles. The average molecular weight is 650 g/mol. The first-order valence-corrected chi connectivity index (χ1v) is 16.4. The highest BCUT2D eigenvalue weighted by molar-refractivity contribution is 6.05. The number of carbonyl (C=O) groups excluding carboxylic acids is 1. The number of fused-ring (bicyclic) bond motifs is 4. The second-order valence-electron chi connectivity index (χ2n) is 12.0. The predicted molar refractivity (Wildman–Crippen MR) is 181 cm³/mol. The molecule has 0 radical (unpaired) electrons. The molecule has 7 nitrogen and oxygen atoms in total. The highest BCUT2D eigenvalue weighted by Gasteiger charge is 2.31.